The number of pyridine rings is 1. The molecule has 1 saturated heterocycles. The predicted molar refractivity (Wildman–Crippen MR) is 133 cm³/mol. The standard InChI is InChI=1S/C27H28FN5O/c1-32-16-21(14-29-32)18-3-5-25-20(11-18)12-23(27(34)31-25)26-13-19-10-17(2-4-24(19)30-26)15-33-8-6-22(28)7-9-33/h2-5,10-14,16,19,22,24,30H,6-9,15H2,1H3,(H,31,34). The van der Waals surface area contributed by atoms with E-state index in [1.54, 1.807) is 4.68 Å². The van der Waals surface area contributed by atoms with Gasteiger partial charge >= 0.3 is 0 Å². The minimum atomic E-state index is -0.651. The Kier molecular flexibility index (Phi) is 5.21. The summed E-state index contributed by atoms with van der Waals surface area (Å²) in [7, 11) is 1.90. The van der Waals surface area contributed by atoms with E-state index < -0.39 is 6.17 Å². The van der Waals surface area contributed by atoms with Crippen LogP contribution < -0.4 is 10.9 Å². The smallest absolute Gasteiger partial charge is 0.257 e. The normalized spacial score (nSPS) is 23.0. The number of nitrogens with zero attached hydrogens (tertiary/aromatic N) is 3. The van der Waals surface area contributed by atoms with Gasteiger partial charge in [0.1, 0.15) is 6.17 Å². The van der Waals surface area contributed by atoms with Crippen LogP contribution in [0.3, 0.4) is 0 Å². The second kappa shape index (κ2) is 8.40. The van der Waals surface area contributed by atoms with Gasteiger partial charge in [-0.25, -0.2) is 4.39 Å². The Morgan fingerprint density at radius 1 is 1.15 bits per heavy atom. The lowest BCUT2D eigenvalue weighted by Crippen LogP contribution is -2.36. The maximum atomic E-state index is 13.5. The summed E-state index contributed by atoms with van der Waals surface area (Å²) in [5, 5.41) is 8.77. The summed E-state index contributed by atoms with van der Waals surface area (Å²) < 4.78 is 15.2. The van der Waals surface area contributed by atoms with E-state index in [4.69, 9.17) is 0 Å². The molecule has 0 saturated carbocycles. The molecular formula is C27H28FN5O. The van der Waals surface area contributed by atoms with Gasteiger partial charge in [-0.3, -0.25) is 14.4 Å². The molecule has 0 spiro atoms. The van der Waals surface area contributed by atoms with Gasteiger partial charge < -0.3 is 10.3 Å². The van der Waals surface area contributed by atoms with E-state index in [2.05, 4.69) is 50.7 Å². The minimum absolute atomic E-state index is 0.0960. The molecule has 34 heavy (non-hydrogen) atoms. The van der Waals surface area contributed by atoms with Gasteiger partial charge in [-0.1, -0.05) is 30.4 Å². The number of likely N-dealkylation sites (tertiary alicyclic amines) is 1. The third-order valence-electron chi connectivity index (χ3n) is 7.12. The highest BCUT2D eigenvalue weighted by molar-refractivity contribution is 5.87. The molecule has 6 nitrogen and oxygen atoms in total. The molecular weight excluding hydrogens is 429 g/mol. The molecule has 0 radical (unpaired) electrons. The first-order chi connectivity index (χ1) is 16.5. The van der Waals surface area contributed by atoms with E-state index in [9.17, 15) is 9.18 Å². The van der Waals surface area contributed by atoms with E-state index in [0.29, 0.717) is 18.4 Å². The molecule has 0 amide bonds. The van der Waals surface area contributed by atoms with Crippen molar-refractivity contribution in [1.82, 2.24) is 25.0 Å². The van der Waals surface area contributed by atoms with Crippen LogP contribution in [0.1, 0.15) is 18.4 Å². The number of fused-ring (bicyclic) bond motifs is 2. The number of nitrogens with one attached hydrogen (secondary N) is 2. The largest absolute Gasteiger partial charge is 0.378 e. The summed E-state index contributed by atoms with van der Waals surface area (Å²) in [5.41, 5.74) is 5.60. The lowest BCUT2D eigenvalue weighted by molar-refractivity contribution is 0.160. The van der Waals surface area contributed by atoms with Crippen molar-refractivity contribution in [3.05, 3.63) is 82.5 Å². The topological polar surface area (TPSA) is 66.0 Å². The number of rotatable bonds is 4. The van der Waals surface area contributed by atoms with Gasteiger partial charge in [-0.05, 0) is 47.6 Å². The molecule has 6 rings (SSSR count). The fraction of sp³-hybridized carbons (Fsp3) is 0.333. The monoisotopic (exact) mass is 457 g/mol. The van der Waals surface area contributed by atoms with Gasteiger partial charge in [0.2, 0.25) is 0 Å². The van der Waals surface area contributed by atoms with Gasteiger partial charge in [0.15, 0.2) is 0 Å². The van der Waals surface area contributed by atoms with E-state index in [0.717, 1.165) is 47.4 Å². The van der Waals surface area contributed by atoms with E-state index in [-0.39, 0.29) is 17.5 Å². The third kappa shape index (κ3) is 4.01. The van der Waals surface area contributed by atoms with Crippen LogP contribution in [0.25, 0.3) is 27.7 Å². The molecule has 3 aliphatic rings. The Morgan fingerprint density at radius 2 is 2.00 bits per heavy atom. The minimum Gasteiger partial charge on any atom is -0.378 e. The summed E-state index contributed by atoms with van der Waals surface area (Å²) in [6, 6.07) is 8.16. The van der Waals surface area contributed by atoms with Crippen molar-refractivity contribution in [2.24, 2.45) is 13.0 Å². The van der Waals surface area contributed by atoms with E-state index in [1.807, 2.05) is 37.6 Å². The zero-order valence-corrected chi connectivity index (χ0v) is 19.2. The summed E-state index contributed by atoms with van der Waals surface area (Å²) in [6.07, 6.45) is 13.2. The van der Waals surface area contributed by atoms with Crippen LogP contribution in [0.2, 0.25) is 0 Å². The van der Waals surface area contributed by atoms with Crippen LogP contribution in [0.5, 0.6) is 0 Å². The van der Waals surface area contributed by atoms with Crippen molar-refractivity contribution in [2.45, 2.75) is 25.1 Å². The predicted octanol–water partition coefficient (Wildman–Crippen LogP) is 3.79. The van der Waals surface area contributed by atoms with Gasteiger partial charge in [0.05, 0.1) is 17.8 Å². The summed E-state index contributed by atoms with van der Waals surface area (Å²) in [4.78, 5) is 18.3. The molecule has 4 heterocycles. The van der Waals surface area contributed by atoms with E-state index in [1.165, 1.54) is 5.57 Å². The SMILES string of the molecule is Cn1cc(-c2ccc3[nH]c(=O)c(C4=CC5C=C(CN6CCC(F)CC6)C=CC5N4)cc3c2)cn1. The Hall–Kier alpha value is -3.45. The number of aryl methyl sites for hydroxylation is 1. The quantitative estimate of drug-likeness (QED) is 0.626. The van der Waals surface area contributed by atoms with Crippen LogP contribution in [-0.2, 0) is 7.05 Å². The number of alkyl halides is 1. The van der Waals surface area contributed by atoms with Crippen LogP contribution in [0, 0.1) is 5.92 Å². The molecule has 3 aromatic rings. The molecule has 2 aliphatic heterocycles. The second-order valence-corrected chi connectivity index (χ2v) is 9.60. The fourth-order valence-corrected chi connectivity index (χ4v) is 5.23. The Balaban J connectivity index is 1.27. The molecule has 174 valence electrons. The highest BCUT2D eigenvalue weighted by Gasteiger charge is 2.28. The molecule has 2 N–H and O–H groups in total. The molecule has 0 bridgehead atoms. The average Bonchev–Trinajstić information content (AvgIpc) is 3.46. The molecule has 2 aromatic heterocycles. The third-order valence-corrected chi connectivity index (χ3v) is 7.12. The van der Waals surface area contributed by atoms with Crippen molar-refractivity contribution in [1.29, 1.82) is 0 Å². The van der Waals surface area contributed by atoms with Gasteiger partial charge in [-0.2, -0.15) is 5.10 Å². The molecule has 1 fully saturated rings. The number of hydrogen-bond acceptors (Lipinski definition) is 4. The van der Waals surface area contributed by atoms with Crippen molar-refractivity contribution in [2.75, 3.05) is 19.6 Å². The number of hydrogen-bond donors (Lipinski definition) is 2. The van der Waals surface area contributed by atoms with Crippen molar-refractivity contribution < 1.29 is 4.39 Å². The zero-order chi connectivity index (χ0) is 23.2. The fourth-order valence-electron chi connectivity index (χ4n) is 5.23. The maximum Gasteiger partial charge on any atom is 0.257 e. The Bertz CT molecular complexity index is 1390. The maximum absolute atomic E-state index is 13.5. The van der Waals surface area contributed by atoms with Gasteiger partial charge in [0, 0.05) is 55.6 Å². The number of halogens is 1. The number of H-pyrrole nitrogens is 1. The van der Waals surface area contributed by atoms with Gasteiger partial charge in [0.25, 0.3) is 5.56 Å². The lowest BCUT2D eigenvalue weighted by atomic mass is 9.93. The number of piperidine rings is 1. The first-order valence-electron chi connectivity index (χ1n) is 11.9. The average molecular weight is 458 g/mol. The van der Waals surface area contributed by atoms with Gasteiger partial charge in [-0.15, -0.1) is 0 Å². The lowest BCUT2D eigenvalue weighted by Gasteiger charge is -2.30. The highest BCUT2D eigenvalue weighted by atomic mass is 19.1. The van der Waals surface area contributed by atoms with Crippen LogP contribution >= 0.6 is 0 Å². The van der Waals surface area contributed by atoms with Crippen LogP contribution in [0.15, 0.2) is 71.3 Å². The number of benzene rings is 1. The van der Waals surface area contributed by atoms with E-state index >= 15 is 0 Å². The Labute approximate surface area is 197 Å². The van der Waals surface area contributed by atoms with Crippen LogP contribution in [-0.4, -0.2) is 51.5 Å². The number of aromatic amines is 1. The highest BCUT2D eigenvalue weighted by Crippen LogP contribution is 2.31. The van der Waals surface area contributed by atoms with Crippen LogP contribution in [0.4, 0.5) is 4.39 Å². The van der Waals surface area contributed by atoms with Crippen molar-refractivity contribution in [3.63, 3.8) is 0 Å². The summed E-state index contributed by atoms with van der Waals surface area (Å²) in [6.45, 7) is 2.48. The molecule has 7 heteroatoms. The van der Waals surface area contributed by atoms with Crippen molar-refractivity contribution >= 4 is 16.6 Å². The summed E-state index contributed by atoms with van der Waals surface area (Å²) in [5.74, 6) is 0.200. The molecule has 1 aromatic carbocycles. The first kappa shape index (κ1) is 21.1. The molecule has 1 aliphatic carbocycles. The zero-order valence-electron chi connectivity index (χ0n) is 19.2. The molecule has 2 atom stereocenters. The number of aromatic nitrogens is 3. The first-order valence-corrected chi connectivity index (χ1v) is 11.9. The van der Waals surface area contributed by atoms with Crippen molar-refractivity contribution in [3.8, 4) is 11.1 Å². The Morgan fingerprint density at radius 3 is 2.79 bits per heavy atom. The second-order valence-electron chi connectivity index (χ2n) is 9.60. The summed E-state index contributed by atoms with van der Waals surface area (Å²) >= 11 is 0. The molecule has 2 unspecified atom stereocenters.